The lowest BCUT2D eigenvalue weighted by Crippen LogP contribution is -2.41. The quantitative estimate of drug-likeness (QED) is 0.200. The average Bonchev–Trinajstić information content (AvgIpc) is 3.53. The highest BCUT2D eigenvalue weighted by atomic mass is 32.1. The molecule has 1 aromatic heterocycles. The molecule has 9 nitrogen and oxygen atoms in total. The van der Waals surface area contributed by atoms with Gasteiger partial charge in [-0.1, -0.05) is 12.1 Å². The maximum Gasteiger partial charge on any atom is 0.421 e. The molecule has 1 unspecified atom stereocenters. The van der Waals surface area contributed by atoms with Crippen LogP contribution in [0, 0.1) is 6.92 Å². The number of halogens is 3. The van der Waals surface area contributed by atoms with E-state index in [1.54, 1.807) is 37.3 Å². The number of amides is 1. The topological polar surface area (TPSA) is 101 Å². The molecular weight excluding hydrogens is 593 g/mol. The summed E-state index contributed by atoms with van der Waals surface area (Å²) in [4.78, 5) is 23.0. The van der Waals surface area contributed by atoms with Crippen molar-refractivity contribution in [3.8, 4) is 11.5 Å². The molecule has 0 bridgehead atoms. The highest BCUT2D eigenvalue weighted by Gasteiger charge is 2.36. The monoisotopic (exact) mass is 628 g/mol. The summed E-state index contributed by atoms with van der Waals surface area (Å²) < 4.78 is 53.6. The number of carbonyl (C=O) groups is 1. The molecule has 2 atom stereocenters. The van der Waals surface area contributed by atoms with Gasteiger partial charge in [-0.15, -0.1) is 0 Å². The van der Waals surface area contributed by atoms with Crippen molar-refractivity contribution in [3.63, 3.8) is 0 Å². The molecule has 3 N–H and O–H groups in total. The van der Waals surface area contributed by atoms with E-state index < -0.39 is 23.5 Å². The summed E-state index contributed by atoms with van der Waals surface area (Å²) in [7, 11) is 2.92. The van der Waals surface area contributed by atoms with E-state index in [4.69, 9.17) is 22.1 Å². The Morgan fingerprint density at radius 2 is 1.91 bits per heavy atom. The molecule has 1 aliphatic carbocycles. The van der Waals surface area contributed by atoms with Gasteiger partial charge in [-0.3, -0.25) is 9.69 Å². The first kappa shape index (κ1) is 31.5. The van der Waals surface area contributed by atoms with Gasteiger partial charge in [-0.2, -0.15) is 30.8 Å². The molecular formula is C31H35F3N6O3S. The van der Waals surface area contributed by atoms with E-state index in [9.17, 15) is 18.0 Å². The number of benzene rings is 2. The van der Waals surface area contributed by atoms with Gasteiger partial charge in [0.2, 0.25) is 5.95 Å². The molecule has 234 valence electrons. The molecule has 1 aliphatic heterocycles. The molecule has 3 aromatic rings. The van der Waals surface area contributed by atoms with E-state index in [-0.39, 0.29) is 22.4 Å². The number of aromatic nitrogens is 2. The van der Waals surface area contributed by atoms with Gasteiger partial charge < -0.3 is 25.4 Å². The number of thiol groups is 1. The van der Waals surface area contributed by atoms with Crippen LogP contribution in [0.5, 0.6) is 11.5 Å². The zero-order chi connectivity index (χ0) is 31.4. The molecule has 1 amide bonds. The summed E-state index contributed by atoms with van der Waals surface area (Å²) in [5.74, 6) is 0.697. The molecule has 44 heavy (non-hydrogen) atoms. The van der Waals surface area contributed by atoms with Crippen LogP contribution in [0.1, 0.15) is 47.2 Å². The molecule has 0 saturated carbocycles. The standard InChI is InChI=1S/C31H35F3N6O3S/c1-18-7-6-8-21(29(41)35-2)27(18)38-28-22(31(32,33)34)17-36-30(39-28)37-23-11-9-19(15-25(23)42-3)43-20-10-12-24(26(44)16-20)40-13-4-5-14-40/h6-9,11,15-17,24,26,44H,4-5,10,12-14H2,1-3H3,(H,35,41)(H2,36,37,38,39)/t24-,26?/m0/s1. The summed E-state index contributed by atoms with van der Waals surface area (Å²) in [5.41, 5.74) is 0.281. The SMILES string of the molecule is CNC(=O)c1cccc(C)c1Nc1nc(Nc2ccc(OC3=CC(S)[C@@H](N4CCCC4)CC3)cc2OC)ncc1C(F)(F)F. The first-order valence-electron chi connectivity index (χ1n) is 14.4. The lowest BCUT2D eigenvalue weighted by molar-refractivity contribution is -0.137. The molecule has 2 aliphatic rings. The van der Waals surface area contributed by atoms with Crippen molar-refractivity contribution < 1.29 is 27.4 Å². The Balaban J connectivity index is 1.37. The van der Waals surface area contributed by atoms with Crippen LogP contribution in [0.25, 0.3) is 0 Å². The summed E-state index contributed by atoms with van der Waals surface area (Å²) in [6.07, 6.45) is 2.21. The van der Waals surface area contributed by atoms with Crippen LogP contribution in [0.4, 0.5) is 36.3 Å². The van der Waals surface area contributed by atoms with Gasteiger partial charge in [0, 0.05) is 37.0 Å². The molecule has 5 rings (SSSR count). The van der Waals surface area contributed by atoms with Crippen LogP contribution >= 0.6 is 12.6 Å². The molecule has 2 heterocycles. The normalized spacial score (nSPS) is 18.8. The Kier molecular flexibility index (Phi) is 9.54. The lowest BCUT2D eigenvalue weighted by Gasteiger charge is -2.34. The molecule has 2 aromatic carbocycles. The predicted octanol–water partition coefficient (Wildman–Crippen LogP) is 6.48. The minimum absolute atomic E-state index is 0.0754. The molecule has 13 heteroatoms. The van der Waals surface area contributed by atoms with Crippen molar-refractivity contribution in [1.82, 2.24) is 20.2 Å². The van der Waals surface area contributed by atoms with Gasteiger partial charge in [-0.25, -0.2) is 4.98 Å². The second kappa shape index (κ2) is 13.3. The number of allylic oxidation sites excluding steroid dienone is 1. The van der Waals surface area contributed by atoms with E-state index in [0.29, 0.717) is 35.0 Å². The summed E-state index contributed by atoms with van der Waals surface area (Å²) >= 11 is 4.82. The Bertz CT molecular complexity index is 1540. The number of para-hydroxylation sites is 1. The maximum atomic E-state index is 13.9. The number of alkyl halides is 3. The number of nitrogens with one attached hydrogen (secondary N) is 3. The van der Waals surface area contributed by atoms with E-state index >= 15 is 0 Å². The van der Waals surface area contributed by atoms with Gasteiger partial charge in [0.05, 0.1) is 24.0 Å². The van der Waals surface area contributed by atoms with Gasteiger partial charge in [0.1, 0.15) is 28.6 Å². The smallest absolute Gasteiger partial charge is 0.421 e. The minimum Gasteiger partial charge on any atom is -0.494 e. The first-order chi connectivity index (χ1) is 21.1. The van der Waals surface area contributed by atoms with Crippen LogP contribution in [0.15, 0.2) is 54.4 Å². The Hall–Kier alpha value is -3.97. The zero-order valence-corrected chi connectivity index (χ0v) is 25.6. The second-order valence-electron chi connectivity index (χ2n) is 10.7. The zero-order valence-electron chi connectivity index (χ0n) is 24.7. The summed E-state index contributed by atoms with van der Waals surface area (Å²) in [6, 6.07) is 10.4. The van der Waals surface area contributed by atoms with Gasteiger partial charge >= 0.3 is 6.18 Å². The molecule has 1 saturated heterocycles. The van der Waals surface area contributed by atoms with Crippen molar-refractivity contribution in [2.24, 2.45) is 0 Å². The van der Waals surface area contributed by atoms with Crippen LogP contribution in [-0.2, 0) is 6.18 Å². The van der Waals surface area contributed by atoms with Crippen molar-refractivity contribution in [2.45, 2.75) is 50.1 Å². The second-order valence-corrected chi connectivity index (χ2v) is 11.3. The highest BCUT2D eigenvalue weighted by Crippen LogP contribution is 2.38. The fraction of sp³-hybridized carbons (Fsp3) is 0.387. The fourth-order valence-corrected chi connectivity index (χ4v) is 6.04. The number of hydrogen-bond acceptors (Lipinski definition) is 9. The average molecular weight is 629 g/mol. The van der Waals surface area contributed by atoms with E-state index in [2.05, 4.69) is 36.9 Å². The molecule has 0 spiro atoms. The first-order valence-corrected chi connectivity index (χ1v) is 14.9. The number of carbonyl (C=O) groups excluding carboxylic acids is 1. The number of methoxy groups -OCH3 is 1. The number of aryl methyl sites for hydroxylation is 1. The van der Waals surface area contributed by atoms with Gasteiger partial charge in [0.25, 0.3) is 5.91 Å². The third-order valence-corrected chi connectivity index (χ3v) is 8.29. The molecule has 0 radical (unpaired) electrons. The van der Waals surface area contributed by atoms with E-state index in [0.717, 1.165) is 31.7 Å². The number of rotatable bonds is 9. The van der Waals surface area contributed by atoms with Crippen molar-refractivity contribution >= 4 is 41.7 Å². The van der Waals surface area contributed by atoms with Crippen LogP contribution in [-0.4, -0.2) is 59.3 Å². The maximum absolute atomic E-state index is 13.9. The minimum atomic E-state index is -4.75. The van der Waals surface area contributed by atoms with Crippen LogP contribution < -0.4 is 25.4 Å². The van der Waals surface area contributed by atoms with E-state index in [1.807, 2.05) is 0 Å². The van der Waals surface area contributed by atoms with Gasteiger partial charge in [0.15, 0.2) is 0 Å². The van der Waals surface area contributed by atoms with Crippen LogP contribution in [0.3, 0.4) is 0 Å². The predicted molar refractivity (Wildman–Crippen MR) is 166 cm³/mol. The fourth-order valence-electron chi connectivity index (χ4n) is 5.53. The molecule has 1 fully saturated rings. The highest BCUT2D eigenvalue weighted by molar-refractivity contribution is 7.81. The third-order valence-electron chi connectivity index (χ3n) is 7.80. The third kappa shape index (κ3) is 7.05. The number of likely N-dealkylation sites (tertiary alicyclic amines) is 1. The number of hydrogen-bond donors (Lipinski definition) is 4. The van der Waals surface area contributed by atoms with Crippen molar-refractivity contribution in [2.75, 3.05) is 37.9 Å². The van der Waals surface area contributed by atoms with Crippen molar-refractivity contribution in [1.29, 1.82) is 0 Å². The summed E-state index contributed by atoms with van der Waals surface area (Å²) in [5, 5.41) is 8.25. The number of ether oxygens (including phenoxy) is 2. The Labute approximate surface area is 259 Å². The van der Waals surface area contributed by atoms with Crippen molar-refractivity contribution in [3.05, 3.63) is 71.1 Å². The largest absolute Gasteiger partial charge is 0.494 e. The summed E-state index contributed by atoms with van der Waals surface area (Å²) in [6.45, 7) is 3.91. The number of anilines is 4. The van der Waals surface area contributed by atoms with E-state index in [1.165, 1.54) is 33.1 Å². The number of nitrogens with zero attached hydrogens (tertiary/aromatic N) is 3. The Morgan fingerprint density at radius 3 is 2.59 bits per heavy atom. The van der Waals surface area contributed by atoms with Crippen LogP contribution in [0.2, 0.25) is 0 Å². The van der Waals surface area contributed by atoms with Gasteiger partial charge in [-0.05, 0) is 69.1 Å². The lowest BCUT2D eigenvalue weighted by atomic mass is 9.98. The Morgan fingerprint density at radius 1 is 1.14 bits per heavy atom.